The normalized spacial score (nSPS) is 10.8. The molecule has 5 nitrogen and oxygen atoms in total. The summed E-state index contributed by atoms with van der Waals surface area (Å²) in [5.41, 5.74) is 2.45. The van der Waals surface area contributed by atoms with E-state index in [-0.39, 0.29) is 11.3 Å². The van der Waals surface area contributed by atoms with Crippen molar-refractivity contribution in [2.75, 3.05) is 6.54 Å². The zero-order valence-corrected chi connectivity index (χ0v) is 12.6. The number of carbonyl (C=O) groups is 1. The van der Waals surface area contributed by atoms with Crippen LogP contribution in [0, 0.1) is 0 Å². The first kappa shape index (κ1) is 15.1. The highest BCUT2D eigenvalue weighted by Gasteiger charge is 2.06. The van der Waals surface area contributed by atoms with E-state index in [1.165, 1.54) is 6.33 Å². The van der Waals surface area contributed by atoms with Crippen molar-refractivity contribution in [1.29, 1.82) is 0 Å². The van der Waals surface area contributed by atoms with Crippen LogP contribution in [0.1, 0.15) is 11.1 Å². The number of hydrogen-bond acceptors (Lipinski definition) is 4. The van der Waals surface area contributed by atoms with Crippen LogP contribution in [-0.2, 0) is 17.8 Å². The summed E-state index contributed by atoms with van der Waals surface area (Å²) in [4.78, 5) is 30.3. The number of rotatable bonds is 6. The molecule has 1 heterocycles. The van der Waals surface area contributed by atoms with Crippen molar-refractivity contribution >= 4 is 16.7 Å². The van der Waals surface area contributed by atoms with Crippen LogP contribution >= 0.6 is 0 Å². The van der Waals surface area contributed by atoms with Crippen LogP contribution in [0.15, 0.2) is 59.7 Å². The zero-order valence-electron chi connectivity index (χ0n) is 12.6. The predicted molar refractivity (Wildman–Crippen MR) is 89.2 cm³/mol. The van der Waals surface area contributed by atoms with E-state index in [9.17, 15) is 9.59 Å². The fourth-order valence-corrected chi connectivity index (χ4v) is 2.46. The first-order chi connectivity index (χ1) is 11.2. The van der Waals surface area contributed by atoms with E-state index in [0.29, 0.717) is 30.4 Å². The van der Waals surface area contributed by atoms with Crippen LogP contribution in [0.2, 0.25) is 0 Å². The van der Waals surface area contributed by atoms with E-state index in [1.807, 2.05) is 30.3 Å². The van der Waals surface area contributed by atoms with Crippen LogP contribution in [0.3, 0.4) is 0 Å². The van der Waals surface area contributed by atoms with Gasteiger partial charge in [-0.1, -0.05) is 36.4 Å². The van der Waals surface area contributed by atoms with E-state index >= 15 is 0 Å². The average Bonchev–Trinajstić information content (AvgIpc) is 2.56. The summed E-state index contributed by atoms with van der Waals surface area (Å²) in [5.74, 6) is 0.102. The minimum atomic E-state index is -0.169. The third kappa shape index (κ3) is 3.90. The van der Waals surface area contributed by atoms with E-state index in [0.717, 1.165) is 11.1 Å². The Bertz CT molecular complexity index is 872. The second-order valence-electron chi connectivity index (χ2n) is 5.39. The smallest absolute Gasteiger partial charge is 0.258 e. The van der Waals surface area contributed by atoms with E-state index in [1.54, 1.807) is 18.2 Å². The van der Waals surface area contributed by atoms with Crippen molar-refractivity contribution in [2.45, 2.75) is 13.0 Å². The molecule has 0 saturated carbocycles. The Morgan fingerprint density at radius 2 is 1.91 bits per heavy atom. The highest BCUT2D eigenvalue weighted by Crippen LogP contribution is 2.10. The molecule has 0 atom stereocenters. The maximum Gasteiger partial charge on any atom is 0.258 e. The largest absolute Gasteiger partial charge is 0.313 e. The minimum Gasteiger partial charge on any atom is -0.313 e. The van der Waals surface area contributed by atoms with Crippen molar-refractivity contribution in [1.82, 2.24) is 15.3 Å². The number of Topliss-reactive ketones (excluding diaryl/α,β-unsaturated/α-hetero) is 1. The molecular formula is C18H17N3O2. The second-order valence-corrected chi connectivity index (χ2v) is 5.39. The lowest BCUT2D eigenvalue weighted by Gasteiger charge is -2.05. The van der Waals surface area contributed by atoms with Gasteiger partial charge in [0, 0.05) is 13.0 Å². The van der Waals surface area contributed by atoms with Crippen molar-refractivity contribution < 1.29 is 4.79 Å². The van der Waals surface area contributed by atoms with Gasteiger partial charge in [-0.25, -0.2) is 4.98 Å². The molecule has 3 rings (SSSR count). The summed E-state index contributed by atoms with van der Waals surface area (Å²) in [6.07, 6.45) is 1.70. The molecule has 5 heteroatoms. The van der Waals surface area contributed by atoms with Crippen LogP contribution in [0.4, 0.5) is 0 Å². The standard InChI is InChI=1S/C18H17N3O2/c22-15(11-19-10-13-4-2-1-3-5-13)8-14-6-7-16-17(9-14)20-12-21-18(16)23/h1-7,9,12,19H,8,10-11H2,(H,20,21,23). The first-order valence-electron chi connectivity index (χ1n) is 7.45. The summed E-state index contributed by atoms with van der Waals surface area (Å²) in [7, 11) is 0. The van der Waals surface area contributed by atoms with E-state index in [2.05, 4.69) is 15.3 Å². The Morgan fingerprint density at radius 3 is 2.74 bits per heavy atom. The third-order valence-electron chi connectivity index (χ3n) is 3.60. The lowest BCUT2D eigenvalue weighted by atomic mass is 10.1. The van der Waals surface area contributed by atoms with Crippen LogP contribution in [0.5, 0.6) is 0 Å². The maximum atomic E-state index is 12.1. The van der Waals surface area contributed by atoms with Crippen LogP contribution < -0.4 is 10.9 Å². The summed E-state index contributed by atoms with van der Waals surface area (Å²) in [6.45, 7) is 0.983. The van der Waals surface area contributed by atoms with Gasteiger partial charge in [0.1, 0.15) is 0 Å². The molecule has 0 radical (unpaired) electrons. The lowest BCUT2D eigenvalue weighted by Crippen LogP contribution is -2.23. The Labute approximate surface area is 133 Å². The van der Waals surface area contributed by atoms with E-state index in [4.69, 9.17) is 0 Å². The molecule has 2 N–H and O–H groups in total. The molecule has 0 aliphatic carbocycles. The third-order valence-corrected chi connectivity index (χ3v) is 3.60. The fraction of sp³-hybridized carbons (Fsp3) is 0.167. The topological polar surface area (TPSA) is 74.8 Å². The molecule has 2 aromatic carbocycles. The number of H-pyrrole nitrogens is 1. The van der Waals surface area contributed by atoms with Crippen molar-refractivity contribution in [3.05, 3.63) is 76.3 Å². The van der Waals surface area contributed by atoms with Gasteiger partial charge < -0.3 is 10.3 Å². The summed E-state index contributed by atoms with van der Waals surface area (Å²) in [5, 5.41) is 3.68. The van der Waals surface area contributed by atoms with Gasteiger partial charge in [-0.05, 0) is 23.3 Å². The van der Waals surface area contributed by atoms with Gasteiger partial charge in [0.15, 0.2) is 5.78 Å². The Morgan fingerprint density at radius 1 is 1.09 bits per heavy atom. The molecule has 0 fully saturated rings. The Hall–Kier alpha value is -2.79. The van der Waals surface area contributed by atoms with Gasteiger partial charge in [-0.3, -0.25) is 9.59 Å². The first-order valence-corrected chi connectivity index (χ1v) is 7.45. The molecule has 0 saturated heterocycles. The highest BCUT2D eigenvalue weighted by molar-refractivity contribution is 5.85. The Balaban J connectivity index is 1.58. The molecule has 0 aliphatic rings. The maximum absolute atomic E-state index is 12.1. The van der Waals surface area contributed by atoms with Crippen molar-refractivity contribution in [3.8, 4) is 0 Å². The highest BCUT2D eigenvalue weighted by atomic mass is 16.1. The molecule has 0 bridgehead atoms. The van der Waals surface area contributed by atoms with Gasteiger partial charge in [0.25, 0.3) is 5.56 Å². The SMILES string of the molecule is O=C(CNCc1ccccc1)Cc1ccc2c(=O)[nH]cnc2c1. The summed E-state index contributed by atoms with van der Waals surface area (Å²) < 4.78 is 0. The number of aromatic nitrogens is 2. The monoisotopic (exact) mass is 307 g/mol. The number of nitrogens with zero attached hydrogens (tertiary/aromatic N) is 1. The van der Waals surface area contributed by atoms with E-state index < -0.39 is 0 Å². The van der Waals surface area contributed by atoms with Crippen LogP contribution in [0.25, 0.3) is 10.9 Å². The van der Waals surface area contributed by atoms with Crippen molar-refractivity contribution in [2.24, 2.45) is 0 Å². The van der Waals surface area contributed by atoms with Gasteiger partial charge in [0.05, 0.1) is 23.8 Å². The molecule has 0 aliphatic heterocycles. The zero-order chi connectivity index (χ0) is 16.1. The van der Waals surface area contributed by atoms with Gasteiger partial charge >= 0.3 is 0 Å². The number of ketones is 1. The summed E-state index contributed by atoms with van der Waals surface area (Å²) >= 11 is 0. The average molecular weight is 307 g/mol. The Kier molecular flexibility index (Phi) is 4.59. The molecule has 1 aromatic heterocycles. The second kappa shape index (κ2) is 6.98. The number of hydrogen-bond donors (Lipinski definition) is 2. The molecule has 0 spiro atoms. The number of benzene rings is 2. The number of aromatic amines is 1. The van der Waals surface area contributed by atoms with Gasteiger partial charge in [-0.15, -0.1) is 0 Å². The van der Waals surface area contributed by atoms with Crippen LogP contribution in [-0.4, -0.2) is 22.3 Å². The molecule has 23 heavy (non-hydrogen) atoms. The predicted octanol–water partition coefficient (Wildman–Crippen LogP) is 1.82. The molecular weight excluding hydrogens is 290 g/mol. The van der Waals surface area contributed by atoms with Crippen molar-refractivity contribution in [3.63, 3.8) is 0 Å². The van der Waals surface area contributed by atoms with Gasteiger partial charge in [0.2, 0.25) is 0 Å². The lowest BCUT2D eigenvalue weighted by molar-refractivity contribution is -0.117. The molecule has 0 amide bonds. The molecule has 3 aromatic rings. The summed E-state index contributed by atoms with van der Waals surface area (Å²) in [6, 6.07) is 15.3. The number of fused-ring (bicyclic) bond motifs is 1. The van der Waals surface area contributed by atoms with Gasteiger partial charge in [-0.2, -0.15) is 0 Å². The molecule has 116 valence electrons. The quantitative estimate of drug-likeness (QED) is 0.728. The fourth-order valence-electron chi connectivity index (χ4n) is 2.46. The minimum absolute atomic E-state index is 0.102. The molecule has 0 unspecified atom stereocenters. The number of nitrogens with one attached hydrogen (secondary N) is 2. The number of carbonyl (C=O) groups excluding carboxylic acids is 1.